The number of rotatable bonds is 3. The van der Waals surface area contributed by atoms with Crippen LogP contribution in [0.3, 0.4) is 0 Å². The lowest BCUT2D eigenvalue weighted by molar-refractivity contribution is -0.117. The molecule has 0 bridgehead atoms. The van der Waals surface area contributed by atoms with Crippen LogP contribution in [-0.4, -0.2) is 36.3 Å². The standard InChI is InChI=1S/C13H12FN3O3S/c14-21(19,20)10-6-12(18)17(8-10)13-11(7-15-16-13)9-4-2-1-3-5-9/h1-5,7,10H,6,8H2,(H,15,16). The quantitative estimate of drug-likeness (QED) is 0.871. The molecular weight excluding hydrogens is 297 g/mol. The van der Waals surface area contributed by atoms with Crippen LogP contribution in [0, 0.1) is 0 Å². The fourth-order valence-electron chi connectivity index (χ4n) is 2.39. The first kappa shape index (κ1) is 13.7. The number of carbonyl (C=O) groups excluding carboxylic acids is 1. The first-order valence-electron chi connectivity index (χ1n) is 6.29. The highest BCUT2D eigenvalue weighted by Gasteiger charge is 2.40. The number of nitrogens with zero attached hydrogens (tertiary/aromatic N) is 2. The van der Waals surface area contributed by atoms with Crippen molar-refractivity contribution in [2.45, 2.75) is 11.7 Å². The topological polar surface area (TPSA) is 83.1 Å². The molecule has 2 aromatic rings. The Morgan fingerprint density at radius 2 is 2.00 bits per heavy atom. The number of hydrogen-bond acceptors (Lipinski definition) is 4. The molecule has 1 aromatic carbocycles. The van der Waals surface area contributed by atoms with Crippen LogP contribution in [0.1, 0.15) is 6.42 Å². The molecule has 1 aromatic heterocycles. The van der Waals surface area contributed by atoms with Crippen molar-refractivity contribution in [2.24, 2.45) is 0 Å². The second-order valence-electron chi connectivity index (χ2n) is 4.80. The summed E-state index contributed by atoms with van der Waals surface area (Å²) in [6.07, 6.45) is 1.20. The van der Waals surface area contributed by atoms with E-state index >= 15 is 0 Å². The van der Waals surface area contributed by atoms with Gasteiger partial charge in [0, 0.05) is 18.5 Å². The SMILES string of the molecule is O=C1CC(S(=O)(=O)F)CN1c1[nH]ncc1-c1ccccc1. The Bertz CT molecular complexity index is 773. The van der Waals surface area contributed by atoms with Crippen LogP contribution in [0.2, 0.25) is 0 Å². The molecule has 8 heteroatoms. The van der Waals surface area contributed by atoms with Crippen LogP contribution < -0.4 is 4.90 Å². The Balaban J connectivity index is 1.96. The first-order valence-corrected chi connectivity index (χ1v) is 7.74. The average Bonchev–Trinajstić information content (AvgIpc) is 3.05. The smallest absolute Gasteiger partial charge is 0.295 e. The van der Waals surface area contributed by atoms with E-state index in [9.17, 15) is 17.1 Å². The van der Waals surface area contributed by atoms with E-state index in [1.54, 1.807) is 6.20 Å². The monoisotopic (exact) mass is 309 g/mol. The molecule has 1 aliphatic rings. The number of aromatic nitrogens is 2. The molecule has 21 heavy (non-hydrogen) atoms. The van der Waals surface area contributed by atoms with E-state index in [1.165, 1.54) is 4.90 Å². The molecule has 1 atom stereocenters. The number of benzene rings is 1. The van der Waals surface area contributed by atoms with Crippen LogP contribution >= 0.6 is 0 Å². The van der Waals surface area contributed by atoms with E-state index in [2.05, 4.69) is 10.2 Å². The predicted octanol–water partition coefficient (Wildman–Crippen LogP) is 1.48. The summed E-state index contributed by atoms with van der Waals surface area (Å²) < 4.78 is 35.0. The van der Waals surface area contributed by atoms with Gasteiger partial charge in [-0.25, -0.2) is 0 Å². The summed E-state index contributed by atoms with van der Waals surface area (Å²) in [5, 5.41) is 5.27. The molecule has 1 N–H and O–H groups in total. The molecule has 0 saturated carbocycles. The summed E-state index contributed by atoms with van der Waals surface area (Å²) in [7, 11) is -4.73. The number of aromatic amines is 1. The Labute approximate surface area is 120 Å². The van der Waals surface area contributed by atoms with Crippen LogP contribution in [0.5, 0.6) is 0 Å². The van der Waals surface area contributed by atoms with E-state index in [1.807, 2.05) is 30.3 Å². The van der Waals surface area contributed by atoms with E-state index in [0.29, 0.717) is 11.4 Å². The molecule has 1 amide bonds. The molecule has 0 radical (unpaired) electrons. The summed E-state index contributed by atoms with van der Waals surface area (Å²) >= 11 is 0. The minimum atomic E-state index is -4.73. The van der Waals surface area contributed by atoms with Crippen molar-refractivity contribution >= 4 is 21.9 Å². The van der Waals surface area contributed by atoms with E-state index in [-0.39, 0.29) is 13.0 Å². The second kappa shape index (κ2) is 4.96. The van der Waals surface area contributed by atoms with Crippen LogP contribution in [0.25, 0.3) is 11.1 Å². The fourth-order valence-corrected chi connectivity index (χ4v) is 3.06. The van der Waals surface area contributed by atoms with Crippen LogP contribution in [0.15, 0.2) is 36.5 Å². The highest BCUT2D eigenvalue weighted by molar-refractivity contribution is 7.87. The van der Waals surface area contributed by atoms with E-state index in [4.69, 9.17) is 0 Å². The third kappa shape index (κ3) is 2.54. The average molecular weight is 309 g/mol. The highest BCUT2D eigenvalue weighted by atomic mass is 32.3. The lowest BCUT2D eigenvalue weighted by atomic mass is 10.1. The second-order valence-corrected chi connectivity index (χ2v) is 6.42. The normalized spacial score (nSPS) is 19.2. The van der Waals surface area contributed by atoms with Gasteiger partial charge in [0.05, 0.1) is 6.20 Å². The Morgan fingerprint density at radius 1 is 1.29 bits per heavy atom. The molecule has 3 rings (SSSR count). The van der Waals surface area contributed by atoms with Gasteiger partial charge in [0.15, 0.2) is 0 Å². The third-order valence-electron chi connectivity index (χ3n) is 3.46. The third-order valence-corrected chi connectivity index (χ3v) is 4.57. The van der Waals surface area contributed by atoms with E-state index < -0.39 is 21.4 Å². The maximum atomic E-state index is 13.1. The number of carbonyl (C=O) groups is 1. The van der Waals surface area contributed by atoms with Gasteiger partial charge in [-0.2, -0.15) is 13.5 Å². The van der Waals surface area contributed by atoms with Crippen molar-refractivity contribution in [1.82, 2.24) is 10.2 Å². The van der Waals surface area contributed by atoms with Gasteiger partial charge in [-0.3, -0.25) is 14.8 Å². The van der Waals surface area contributed by atoms with Crippen molar-refractivity contribution in [3.05, 3.63) is 36.5 Å². The lowest BCUT2D eigenvalue weighted by Gasteiger charge is -2.15. The molecule has 0 spiro atoms. The zero-order valence-corrected chi connectivity index (χ0v) is 11.7. The van der Waals surface area contributed by atoms with Gasteiger partial charge in [-0.15, -0.1) is 3.89 Å². The summed E-state index contributed by atoms with van der Waals surface area (Å²) in [4.78, 5) is 13.2. The summed E-state index contributed by atoms with van der Waals surface area (Å²) in [5.41, 5.74) is 1.50. The Kier molecular flexibility index (Phi) is 3.25. The van der Waals surface area contributed by atoms with Crippen molar-refractivity contribution in [1.29, 1.82) is 0 Å². The van der Waals surface area contributed by atoms with Crippen molar-refractivity contribution in [3.8, 4) is 11.1 Å². The summed E-state index contributed by atoms with van der Waals surface area (Å²) in [5.74, 6) is -0.0555. The van der Waals surface area contributed by atoms with Gasteiger partial charge in [-0.1, -0.05) is 30.3 Å². The van der Waals surface area contributed by atoms with E-state index in [0.717, 1.165) is 5.56 Å². The summed E-state index contributed by atoms with van der Waals surface area (Å²) in [6.45, 7) is -0.209. The molecular formula is C13H12FN3O3S. The largest absolute Gasteiger partial charge is 0.307 e. The van der Waals surface area contributed by atoms with Crippen molar-refractivity contribution in [3.63, 3.8) is 0 Å². The fraction of sp³-hybridized carbons (Fsp3) is 0.231. The minimum Gasteiger partial charge on any atom is -0.295 e. The molecule has 6 nitrogen and oxygen atoms in total. The number of H-pyrrole nitrogens is 1. The number of nitrogens with one attached hydrogen (secondary N) is 1. The number of amides is 1. The predicted molar refractivity (Wildman–Crippen MR) is 74.8 cm³/mol. The Morgan fingerprint density at radius 3 is 2.62 bits per heavy atom. The molecule has 1 aliphatic heterocycles. The van der Waals surface area contributed by atoms with Gasteiger partial charge in [0.1, 0.15) is 11.1 Å². The van der Waals surface area contributed by atoms with Crippen LogP contribution in [-0.2, 0) is 15.0 Å². The molecule has 110 valence electrons. The zero-order valence-electron chi connectivity index (χ0n) is 10.9. The van der Waals surface area contributed by atoms with Crippen LogP contribution in [0.4, 0.5) is 9.70 Å². The molecule has 1 saturated heterocycles. The van der Waals surface area contributed by atoms with Gasteiger partial charge < -0.3 is 0 Å². The van der Waals surface area contributed by atoms with Gasteiger partial charge in [-0.05, 0) is 5.56 Å². The molecule has 1 unspecified atom stereocenters. The molecule has 2 heterocycles. The maximum absolute atomic E-state index is 13.1. The summed E-state index contributed by atoms with van der Waals surface area (Å²) in [6, 6.07) is 9.23. The maximum Gasteiger partial charge on any atom is 0.307 e. The van der Waals surface area contributed by atoms with Gasteiger partial charge >= 0.3 is 10.2 Å². The van der Waals surface area contributed by atoms with Gasteiger partial charge in [0.25, 0.3) is 0 Å². The zero-order chi connectivity index (χ0) is 15.0. The first-order chi connectivity index (χ1) is 9.97. The number of halogens is 1. The number of anilines is 1. The van der Waals surface area contributed by atoms with Crippen molar-refractivity contribution in [2.75, 3.05) is 11.4 Å². The number of hydrogen-bond donors (Lipinski definition) is 1. The minimum absolute atomic E-state index is 0.209. The van der Waals surface area contributed by atoms with Gasteiger partial charge in [0.2, 0.25) is 5.91 Å². The lowest BCUT2D eigenvalue weighted by Crippen LogP contribution is -2.27. The molecule has 1 fully saturated rings. The van der Waals surface area contributed by atoms with Crippen molar-refractivity contribution < 1.29 is 17.1 Å². The highest BCUT2D eigenvalue weighted by Crippen LogP contribution is 2.32. The Hall–Kier alpha value is -2.22. The molecule has 0 aliphatic carbocycles.